The molecule has 4 nitrogen and oxygen atoms in total. The molecule has 0 aliphatic rings. The van der Waals surface area contributed by atoms with Crippen LogP contribution >= 0.6 is 8.25 Å². The van der Waals surface area contributed by atoms with Gasteiger partial charge in [-0.3, -0.25) is 4.57 Å². The van der Waals surface area contributed by atoms with E-state index < -0.39 is 8.25 Å². The van der Waals surface area contributed by atoms with Crippen molar-refractivity contribution in [3.63, 3.8) is 0 Å². The molecule has 0 saturated carbocycles. The van der Waals surface area contributed by atoms with Gasteiger partial charge < -0.3 is 15.1 Å². The number of rotatable bonds is 2. The van der Waals surface area contributed by atoms with Crippen LogP contribution in [-0.2, 0) is 4.57 Å². The molecule has 5 heteroatoms. The highest BCUT2D eigenvalue weighted by molar-refractivity contribution is 7.30. The molecule has 0 amide bonds. The van der Waals surface area contributed by atoms with Crippen molar-refractivity contribution in [2.24, 2.45) is 0 Å². The lowest BCUT2D eigenvalue weighted by atomic mass is 10.7. The Hall–Kier alpha value is 0.110. The molecule has 0 bridgehead atoms. The van der Waals surface area contributed by atoms with E-state index in [9.17, 15) is 0 Å². The highest BCUT2D eigenvalue weighted by Crippen LogP contribution is 1.98. The molecular weight excluding hydrogens is 165 g/mol. The maximum Gasteiger partial charge on any atom is 0.314 e. The Bertz CT molecular complexity index is 64.8. The second-order valence-electron chi connectivity index (χ2n) is 1.24. The van der Waals surface area contributed by atoms with Crippen LogP contribution in [0.15, 0.2) is 0 Å². The van der Waals surface area contributed by atoms with Gasteiger partial charge in [-0.25, -0.2) is 0 Å². The molecule has 0 aromatic rings. The van der Waals surface area contributed by atoms with E-state index in [2.05, 4.69) is 19.2 Å². The first kappa shape index (κ1) is 17.3. The zero-order valence-corrected chi connectivity index (χ0v) is 8.72. The molecule has 3 N–H and O–H groups in total. The molecule has 0 heterocycles. The molecule has 0 atom stereocenters. The molecule has 0 aliphatic carbocycles. The zero-order valence-electron chi connectivity index (χ0n) is 7.72. The molecule has 0 spiro atoms. The van der Waals surface area contributed by atoms with Crippen LogP contribution in [0, 0.1) is 0 Å². The predicted molar refractivity (Wildman–Crippen MR) is 49.0 cm³/mol. The van der Waals surface area contributed by atoms with Crippen molar-refractivity contribution in [3.05, 3.63) is 0 Å². The minimum absolute atomic E-state index is 1.09. The first-order chi connectivity index (χ1) is 5.15. The fourth-order valence-electron chi connectivity index (χ4n) is 0.250. The Labute approximate surface area is 69.6 Å². The Balaban J connectivity index is -0.0000000965. The second-order valence-corrected chi connectivity index (χ2v) is 1.80. The third kappa shape index (κ3) is 149. The van der Waals surface area contributed by atoms with Gasteiger partial charge in [0.25, 0.3) is 0 Å². The van der Waals surface area contributed by atoms with Crippen LogP contribution in [0.3, 0.4) is 0 Å². The van der Waals surface area contributed by atoms with Gasteiger partial charge in [0.15, 0.2) is 0 Å². The van der Waals surface area contributed by atoms with Crippen LogP contribution in [-0.4, -0.2) is 22.9 Å². The van der Waals surface area contributed by atoms with Crippen LogP contribution in [0.4, 0.5) is 0 Å². The van der Waals surface area contributed by atoms with E-state index in [-0.39, 0.29) is 0 Å². The summed E-state index contributed by atoms with van der Waals surface area (Å²) in [5.74, 6) is 0. The Morgan fingerprint density at radius 3 is 1.36 bits per heavy atom. The van der Waals surface area contributed by atoms with Gasteiger partial charge in [0.2, 0.25) is 0 Å². The summed E-state index contributed by atoms with van der Waals surface area (Å²) in [6.07, 6.45) is 0. The summed E-state index contributed by atoms with van der Waals surface area (Å²) in [5, 5.41) is 3.11. The summed E-state index contributed by atoms with van der Waals surface area (Å²) in [5.41, 5.74) is 0. The quantitative estimate of drug-likeness (QED) is 0.561. The number of nitrogens with one attached hydrogen (secondary N) is 1. The van der Waals surface area contributed by atoms with Gasteiger partial charge in [0.05, 0.1) is 0 Å². The minimum Gasteiger partial charge on any atom is -0.326 e. The average Bonchev–Trinajstić information content (AvgIpc) is 1.93. The van der Waals surface area contributed by atoms with Crippen molar-refractivity contribution in [3.8, 4) is 0 Å². The summed E-state index contributed by atoms with van der Waals surface area (Å²) < 4.78 is 8.74. The van der Waals surface area contributed by atoms with Gasteiger partial charge in [-0.15, -0.1) is 0 Å². The van der Waals surface area contributed by atoms with Gasteiger partial charge in [-0.2, -0.15) is 0 Å². The van der Waals surface area contributed by atoms with E-state index in [1.54, 1.807) is 0 Å². The Kier molecular flexibility index (Phi) is 35.3. The Morgan fingerprint density at radius 1 is 1.18 bits per heavy atom. The molecule has 72 valence electrons. The fourth-order valence-corrected chi connectivity index (χ4v) is 0.250. The molecule has 0 aromatic carbocycles. The molecule has 0 unspecified atom stereocenters. The zero-order chi connectivity index (χ0) is 9.70. The van der Waals surface area contributed by atoms with Crippen molar-refractivity contribution in [1.29, 1.82) is 0 Å². The predicted octanol–water partition coefficient (Wildman–Crippen LogP) is 1.00. The van der Waals surface area contributed by atoms with Gasteiger partial charge in [-0.05, 0) is 13.1 Å². The third-order valence-corrected chi connectivity index (χ3v) is 0.500. The topological polar surface area (TPSA) is 69.6 Å². The monoisotopic (exact) mass is 185 g/mol. The lowest BCUT2D eigenvalue weighted by molar-refractivity contribution is 0.405. The van der Waals surface area contributed by atoms with Crippen LogP contribution in [0.2, 0.25) is 0 Å². The summed E-state index contributed by atoms with van der Waals surface area (Å²) >= 11 is 0. The van der Waals surface area contributed by atoms with E-state index in [0.29, 0.717) is 0 Å². The maximum atomic E-state index is 8.74. The van der Waals surface area contributed by atoms with Crippen LogP contribution in [0.25, 0.3) is 0 Å². The molecule has 0 aliphatic heterocycles. The molecule has 0 aromatic heterocycles. The fraction of sp³-hybridized carbons (Fsp3) is 1.00. The molecule has 11 heavy (non-hydrogen) atoms. The standard InChI is InChI=1S/C4H11N.C2H6.H3O3P/c1-3-5-4-2;1-2;1-4(2)3/h5H,3-4H2,1-2H3;1-2H3;4H,(H2,1,2,3). The van der Waals surface area contributed by atoms with Crippen LogP contribution < -0.4 is 5.32 Å². The summed E-state index contributed by atoms with van der Waals surface area (Å²) in [7, 11) is -3.13. The van der Waals surface area contributed by atoms with Gasteiger partial charge in [0, 0.05) is 0 Å². The van der Waals surface area contributed by atoms with Crippen molar-refractivity contribution in [1.82, 2.24) is 5.32 Å². The minimum atomic E-state index is -3.13. The first-order valence-corrected chi connectivity index (χ1v) is 5.08. The smallest absolute Gasteiger partial charge is 0.314 e. The molecule has 0 radical (unpaired) electrons. The third-order valence-electron chi connectivity index (χ3n) is 0.500. The Morgan fingerprint density at radius 2 is 1.36 bits per heavy atom. The van der Waals surface area contributed by atoms with Crippen molar-refractivity contribution in [2.75, 3.05) is 13.1 Å². The van der Waals surface area contributed by atoms with Gasteiger partial charge in [0.1, 0.15) is 0 Å². The highest BCUT2D eigenvalue weighted by Gasteiger charge is 1.62. The first-order valence-electron chi connectivity index (χ1n) is 3.77. The average molecular weight is 185 g/mol. The second kappa shape index (κ2) is 22.5. The summed E-state index contributed by atoms with van der Waals surface area (Å²) in [4.78, 5) is 14.3. The van der Waals surface area contributed by atoms with Crippen molar-refractivity contribution >= 4 is 8.25 Å². The van der Waals surface area contributed by atoms with E-state index in [1.165, 1.54) is 0 Å². The SMILES string of the molecule is CC.CCNCC.O=[PH](O)O. The lowest BCUT2D eigenvalue weighted by Crippen LogP contribution is -2.09. The molecule has 0 fully saturated rings. The summed E-state index contributed by atoms with van der Waals surface area (Å²) in [6, 6.07) is 0. The highest BCUT2D eigenvalue weighted by atomic mass is 31.1. The summed E-state index contributed by atoms with van der Waals surface area (Å²) in [6.45, 7) is 10.4. The normalized spacial score (nSPS) is 7.55. The van der Waals surface area contributed by atoms with E-state index in [1.807, 2.05) is 13.8 Å². The molecule has 0 rings (SSSR count). The maximum absolute atomic E-state index is 8.74. The molecule has 0 saturated heterocycles. The van der Waals surface area contributed by atoms with Gasteiger partial charge >= 0.3 is 8.25 Å². The lowest BCUT2D eigenvalue weighted by Gasteiger charge is -1.86. The number of hydrogen-bond donors (Lipinski definition) is 3. The van der Waals surface area contributed by atoms with E-state index in [0.717, 1.165) is 13.1 Å². The largest absolute Gasteiger partial charge is 0.326 e. The van der Waals surface area contributed by atoms with E-state index in [4.69, 9.17) is 14.4 Å². The van der Waals surface area contributed by atoms with Crippen LogP contribution in [0.5, 0.6) is 0 Å². The number of hydrogen-bond acceptors (Lipinski definition) is 2. The van der Waals surface area contributed by atoms with Gasteiger partial charge in [-0.1, -0.05) is 27.7 Å². The van der Waals surface area contributed by atoms with E-state index >= 15 is 0 Å². The van der Waals surface area contributed by atoms with Crippen molar-refractivity contribution in [2.45, 2.75) is 27.7 Å². The van der Waals surface area contributed by atoms with Crippen molar-refractivity contribution < 1.29 is 14.4 Å². The van der Waals surface area contributed by atoms with Crippen LogP contribution in [0.1, 0.15) is 27.7 Å². The molecular formula is C6H20NO3P.